The van der Waals surface area contributed by atoms with Gasteiger partial charge in [-0.3, -0.25) is 0 Å². The van der Waals surface area contributed by atoms with Crippen LogP contribution in [-0.2, 0) is 5.41 Å². The zero-order valence-electron chi connectivity index (χ0n) is 15.8. The minimum atomic E-state index is -0.173. The fraction of sp³-hybridized carbons (Fsp3) is 0.160. The summed E-state index contributed by atoms with van der Waals surface area (Å²) < 4.78 is 2.27. The number of nitrogens with zero attached hydrogens (tertiary/aromatic N) is 1. The normalized spacial score (nSPS) is 19.0. The summed E-state index contributed by atoms with van der Waals surface area (Å²) in [6.07, 6.45) is 6.97. The Labute approximate surface area is 160 Å². The number of benzene rings is 3. The zero-order valence-corrected chi connectivity index (χ0v) is 15.8. The van der Waals surface area contributed by atoms with Crippen LogP contribution in [0.4, 0.5) is 5.69 Å². The average Bonchev–Trinajstić information content (AvgIpc) is 2.89. The van der Waals surface area contributed by atoms with Gasteiger partial charge in [-0.1, -0.05) is 48.5 Å². The summed E-state index contributed by atoms with van der Waals surface area (Å²) >= 11 is 0. The van der Waals surface area contributed by atoms with Gasteiger partial charge in [-0.2, -0.15) is 4.58 Å². The van der Waals surface area contributed by atoms with Gasteiger partial charge in [0, 0.05) is 23.3 Å². The highest BCUT2D eigenvalue weighted by atomic mass is 16.3. The Morgan fingerprint density at radius 2 is 1.74 bits per heavy atom. The smallest absolute Gasteiger partial charge is 0.210 e. The van der Waals surface area contributed by atoms with Crippen LogP contribution in [0.2, 0.25) is 0 Å². The van der Waals surface area contributed by atoms with Gasteiger partial charge in [0.1, 0.15) is 12.8 Å². The number of phenolic OH excluding ortho intramolecular Hbond substituents is 1. The fourth-order valence-electron chi connectivity index (χ4n) is 4.34. The second kappa shape index (κ2) is 6.55. The van der Waals surface area contributed by atoms with Crippen molar-refractivity contribution in [1.29, 1.82) is 0 Å². The molecule has 27 heavy (non-hydrogen) atoms. The van der Waals surface area contributed by atoms with Crippen molar-refractivity contribution in [3.05, 3.63) is 90.5 Å². The van der Waals surface area contributed by atoms with Gasteiger partial charge in [-0.25, -0.2) is 0 Å². The fourth-order valence-corrected chi connectivity index (χ4v) is 4.34. The largest absolute Gasteiger partial charge is 0.507 e. The molecule has 0 radical (unpaired) electrons. The molecular weight excluding hydrogens is 330 g/mol. The minimum Gasteiger partial charge on any atom is -0.507 e. The van der Waals surface area contributed by atoms with Crippen LogP contribution in [-0.4, -0.2) is 22.4 Å². The van der Waals surface area contributed by atoms with E-state index in [1.807, 2.05) is 30.4 Å². The van der Waals surface area contributed by atoms with Crippen LogP contribution < -0.4 is 0 Å². The highest BCUT2D eigenvalue weighted by molar-refractivity contribution is 6.09. The van der Waals surface area contributed by atoms with Crippen molar-refractivity contribution in [2.45, 2.75) is 18.8 Å². The Hall–Kier alpha value is -3.13. The number of hydrogen-bond donors (Lipinski definition) is 1. The first-order chi connectivity index (χ1) is 13.1. The SMILES string of the molecule is C=CCC1(C)C(/C=C/c2ccccc2O)=[N+](C)c2ccc3ccccc3c21. The molecule has 1 heterocycles. The number of allylic oxidation sites excluding steroid dienone is 2. The molecule has 0 aliphatic carbocycles. The molecule has 0 fully saturated rings. The summed E-state index contributed by atoms with van der Waals surface area (Å²) in [4.78, 5) is 0. The Bertz CT molecular complexity index is 1110. The molecule has 1 atom stereocenters. The predicted octanol–water partition coefficient (Wildman–Crippen LogP) is 5.82. The van der Waals surface area contributed by atoms with E-state index in [9.17, 15) is 5.11 Å². The van der Waals surface area contributed by atoms with E-state index in [1.165, 1.54) is 27.7 Å². The number of para-hydroxylation sites is 1. The maximum absolute atomic E-state index is 10.1. The average molecular weight is 354 g/mol. The molecule has 0 spiro atoms. The minimum absolute atomic E-state index is 0.173. The predicted molar refractivity (Wildman–Crippen MR) is 114 cm³/mol. The van der Waals surface area contributed by atoms with Crippen molar-refractivity contribution in [2.75, 3.05) is 7.05 Å². The molecule has 1 aliphatic rings. The number of hydrogen-bond acceptors (Lipinski definition) is 1. The van der Waals surface area contributed by atoms with Crippen LogP contribution in [0.3, 0.4) is 0 Å². The van der Waals surface area contributed by atoms with Crippen LogP contribution in [0.25, 0.3) is 16.8 Å². The lowest BCUT2D eigenvalue weighted by molar-refractivity contribution is -0.401. The van der Waals surface area contributed by atoms with E-state index < -0.39 is 0 Å². The van der Waals surface area contributed by atoms with Crippen LogP contribution in [0.5, 0.6) is 5.75 Å². The van der Waals surface area contributed by atoms with E-state index in [-0.39, 0.29) is 5.41 Å². The molecule has 3 aromatic rings. The second-order valence-corrected chi connectivity index (χ2v) is 7.34. The molecule has 1 unspecified atom stereocenters. The second-order valence-electron chi connectivity index (χ2n) is 7.34. The summed E-state index contributed by atoms with van der Waals surface area (Å²) in [6, 6.07) is 20.4. The van der Waals surface area contributed by atoms with E-state index in [1.54, 1.807) is 6.07 Å². The molecule has 0 saturated carbocycles. The van der Waals surface area contributed by atoms with Crippen LogP contribution >= 0.6 is 0 Å². The van der Waals surface area contributed by atoms with Crippen LogP contribution in [0, 0.1) is 0 Å². The van der Waals surface area contributed by atoms with Crippen molar-refractivity contribution in [3.63, 3.8) is 0 Å². The first kappa shape index (κ1) is 17.3. The Balaban J connectivity index is 1.91. The highest BCUT2D eigenvalue weighted by Crippen LogP contribution is 2.46. The lowest BCUT2D eigenvalue weighted by Gasteiger charge is -2.22. The lowest BCUT2D eigenvalue weighted by atomic mass is 9.74. The number of aromatic hydroxyl groups is 1. The molecule has 1 aliphatic heterocycles. The van der Waals surface area contributed by atoms with Crippen molar-refractivity contribution in [3.8, 4) is 5.75 Å². The molecular formula is C25H24NO+. The standard InChI is InChI=1S/C25H23NO/c1-4-17-25(2)23(16-14-19-10-6-8-12-22(19)27)26(3)21-15-13-18-9-5-7-11-20(18)24(21)25/h4-16H,1,17H2,2-3H3/p+1. The van der Waals surface area contributed by atoms with Crippen molar-refractivity contribution < 1.29 is 9.68 Å². The van der Waals surface area contributed by atoms with Gasteiger partial charge < -0.3 is 5.11 Å². The molecule has 1 N–H and O–H groups in total. The van der Waals surface area contributed by atoms with E-state index in [0.29, 0.717) is 5.75 Å². The zero-order chi connectivity index (χ0) is 19.0. The van der Waals surface area contributed by atoms with Gasteiger partial charge >= 0.3 is 0 Å². The van der Waals surface area contributed by atoms with Crippen molar-refractivity contribution in [2.24, 2.45) is 0 Å². The maximum atomic E-state index is 10.1. The van der Waals surface area contributed by atoms with Gasteiger partial charge in [-0.05, 0) is 42.3 Å². The van der Waals surface area contributed by atoms with Crippen LogP contribution in [0.15, 0.2) is 79.4 Å². The monoisotopic (exact) mass is 354 g/mol. The van der Waals surface area contributed by atoms with Gasteiger partial charge in [-0.15, -0.1) is 6.58 Å². The lowest BCUT2D eigenvalue weighted by Crippen LogP contribution is -2.30. The number of phenols is 1. The van der Waals surface area contributed by atoms with E-state index in [0.717, 1.165) is 12.0 Å². The molecule has 2 nitrogen and oxygen atoms in total. The number of fused-ring (bicyclic) bond motifs is 3. The first-order valence-corrected chi connectivity index (χ1v) is 9.26. The third kappa shape index (κ3) is 2.69. The molecule has 0 amide bonds. The molecule has 0 bridgehead atoms. The van der Waals surface area contributed by atoms with Gasteiger partial charge in [0.15, 0.2) is 5.71 Å². The summed E-state index contributed by atoms with van der Waals surface area (Å²) in [5.41, 5.74) is 4.43. The third-order valence-electron chi connectivity index (χ3n) is 5.66. The highest BCUT2D eigenvalue weighted by Gasteiger charge is 2.46. The van der Waals surface area contributed by atoms with Gasteiger partial charge in [0.25, 0.3) is 0 Å². The van der Waals surface area contributed by atoms with E-state index >= 15 is 0 Å². The Morgan fingerprint density at radius 1 is 1.00 bits per heavy atom. The van der Waals surface area contributed by atoms with Crippen molar-refractivity contribution in [1.82, 2.24) is 0 Å². The van der Waals surface area contributed by atoms with E-state index in [2.05, 4.69) is 67.6 Å². The first-order valence-electron chi connectivity index (χ1n) is 9.26. The topological polar surface area (TPSA) is 23.2 Å². The molecule has 134 valence electrons. The maximum Gasteiger partial charge on any atom is 0.210 e. The molecule has 4 rings (SSSR count). The molecule has 3 aromatic carbocycles. The molecule has 0 aromatic heterocycles. The third-order valence-corrected chi connectivity index (χ3v) is 5.66. The summed E-state index contributed by atoms with van der Waals surface area (Å²) in [5.74, 6) is 0.295. The Kier molecular flexibility index (Phi) is 4.19. The van der Waals surface area contributed by atoms with Gasteiger partial charge in [0.2, 0.25) is 5.69 Å². The summed E-state index contributed by atoms with van der Waals surface area (Å²) in [5, 5.41) is 12.7. The summed E-state index contributed by atoms with van der Waals surface area (Å²) in [6.45, 7) is 6.30. The van der Waals surface area contributed by atoms with Crippen LogP contribution in [0.1, 0.15) is 24.5 Å². The van der Waals surface area contributed by atoms with E-state index in [4.69, 9.17) is 0 Å². The van der Waals surface area contributed by atoms with Gasteiger partial charge in [0.05, 0.1) is 5.41 Å². The summed E-state index contributed by atoms with van der Waals surface area (Å²) in [7, 11) is 2.12. The molecule has 0 saturated heterocycles. The van der Waals surface area contributed by atoms with Crippen molar-refractivity contribution >= 4 is 28.2 Å². The molecule has 2 heteroatoms. The Morgan fingerprint density at radius 3 is 2.52 bits per heavy atom. The number of rotatable bonds is 4. The quantitative estimate of drug-likeness (QED) is 0.463.